The van der Waals surface area contributed by atoms with Crippen molar-refractivity contribution in [1.82, 2.24) is 14.9 Å². The van der Waals surface area contributed by atoms with Gasteiger partial charge in [0.1, 0.15) is 11.6 Å². The van der Waals surface area contributed by atoms with Crippen LogP contribution >= 0.6 is 0 Å². The molecular weight excluding hydrogens is 331 g/mol. The lowest BCUT2D eigenvalue weighted by atomic mass is 9.77. The maximum atomic E-state index is 14.3. The molecule has 1 fully saturated rings. The number of aromatic nitrogens is 2. The summed E-state index contributed by atoms with van der Waals surface area (Å²) in [5, 5.41) is 8.87. The van der Waals surface area contributed by atoms with E-state index in [2.05, 4.69) is 9.97 Å². The van der Waals surface area contributed by atoms with Crippen molar-refractivity contribution in [2.75, 3.05) is 13.1 Å². The lowest BCUT2D eigenvalue weighted by Crippen LogP contribution is -2.48. The Balaban J connectivity index is 1.64. The van der Waals surface area contributed by atoms with Crippen LogP contribution in [0.1, 0.15) is 52.3 Å². The van der Waals surface area contributed by atoms with Crippen molar-refractivity contribution >= 4 is 5.91 Å². The van der Waals surface area contributed by atoms with Gasteiger partial charge >= 0.3 is 0 Å². The average molecular weight is 350 g/mol. The normalized spacial score (nSPS) is 21.5. The SMILES string of the molecule is Cc1ncc2c(n1)C1(CCCN(C(=O)c3ccc(C#N)cc3F)C1)CC2. The highest BCUT2D eigenvalue weighted by Gasteiger charge is 2.44. The van der Waals surface area contributed by atoms with Crippen LogP contribution in [0.2, 0.25) is 0 Å². The highest BCUT2D eigenvalue weighted by atomic mass is 19.1. The number of carbonyl (C=O) groups excluding carboxylic acids is 1. The van der Waals surface area contributed by atoms with E-state index in [1.54, 1.807) is 4.90 Å². The van der Waals surface area contributed by atoms with Crippen LogP contribution in [0.15, 0.2) is 24.4 Å². The summed E-state index contributed by atoms with van der Waals surface area (Å²) >= 11 is 0. The lowest BCUT2D eigenvalue weighted by Gasteiger charge is -2.40. The molecule has 0 N–H and O–H groups in total. The van der Waals surface area contributed by atoms with Crippen LogP contribution in [0.3, 0.4) is 0 Å². The standard InChI is InChI=1S/C20H19FN4O/c1-13-23-11-15-5-7-20(18(15)24-13)6-2-8-25(12-20)19(26)16-4-3-14(10-22)9-17(16)21/h3-4,9,11H,2,5-8,12H2,1H3. The van der Waals surface area contributed by atoms with E-state index in [0.29, 0.717) is 13.1 Å². The first-order valence-electron chi connectivity index (χ1n) is 8.84. The minimum atomic E-state index is -0.640. The quantitative estimate of drug-likeness (QED) is 0.793. The van der Waals surface area contributed by atoms with Gasteiger partial charge in [-0.05, 0) is 56.4 Å². The first kappa shape index (κ1) is 16.6. The van der Waals surface area contributed by atoms with Crippen LogP contribution in [0.4, 0.5) is 4.39 Å². The number of nitrogens with zero attached hydrogens (tertiary/aromatic N) is 4. The minimum Gasteiger partial charge on any atom is -0.338 e. The van der Waals surface area contributed by atoms with Crippen LogP contribution in [0.5, 0.6) is 0 Å². The second-order valence-electron chi connectivity index (χ2n) is 7.21. The number of nitriles is 1. The van der Waals surface area contributed by atoms with Gasteiger partial charge in [0, 0.05) is 24.7 Å². The molecule has 5 nitrogen and oxygen atoms in total. The average Bonchev–Trinajstić information content (AvgIpc) is 2.98. The topological polar surface area (TPSA) is 69.9 Å². The Hall–Kier alpha value is -2.81. The van der Waals surface area contributed by atoms with Crippen molar-refractivity contribution in [3.63, 3.8) is 0 Å². The second-order valence-corrected chi connectivity index (χ2v) is 7.21. The summed E-state index contributed by atoms with van der Waals surface area (Å²) in [5.74, 6) is -0.212. The molecule has 1 aliphatic carbocycles. The van der Waals surface area contributed by atoms with Crippen molar-refractivity contribution < 1.29 is 9.18 Å². The van der Waals surface area contributed by atoms with E-state index in [9.17, 15) is 9.18 Å². The van der Waals surface area contributed by atoms with Gasteiger partial charge in [0.05, 0.1) is 22.9 Å². The van der Waals surface area contributed by atoms with Crippen LogP contribution < -0.4 is 0 Å². The molecular formula is C20H19FN4O. The Morgan fingerprint density at radius 3 is 3.00 bits per heavy atom. The van der Waals surface area contributed by atoms with Gasteiger partial charge in [0.2, 0.25) is 0 Å². The van der Waals surface area contributed by atoms with Crippen molar-refractivity contribution in [2.24, 2.45) is 0 Å². The molecule has 0 radical (unpaired) electrons. The largest absolute Gasteiger partial charge is 0.338 e. The zero-order chi connectivity index (χ0) is 18.3. The summed E-state index contributed by atoms with van der Waals surface area (Å²) in [6, 6.07) is 5.90. The maximum absolute atomic E-state index is 14.3. The minimum absolute atomic E-state index is 0.0261. The number of piperidine rings is 1. The highest BCUT2D eigenvalue weighted by molar-refractivity contribution is 5.94. The molecule has 1 saturated heterocycles. The predicted octanol–water partition coefficient (Wildman–Crippen LogP) is 2.92. The van der Waals surface area contributed by atoms with E-state index in [1.165, 1.54) is 12.1 Å². The third-order valence-corrected chi connectivity index (χ3v) is 5.55. The molecule has 132 valence electrons. The first-order valence-corrected chi connectivity index (χ1v) is 8.84. The number of halogens is 1. The fourth-order valence-electron chi connectivity index (χ4n) is 4.26. The van der Waals surface area contributed by atoms with Crippen LogP contribution in [0.25, 0.3) is 0 Å². The Morgan fingerprint density at radius 2 is 2.23 bits per heavy atom. The molecule has 1 unspecified atom stereocenters. The molecule has 4 rings (SSSR count). The molecule has 0 bridgehead atoms. The fraction of sp³-hybridized carbons (Fsp3) is 0.400. The van der Waals surface area contributed by atoms with Gasteiger partial charge in [0.15, 0.2) is 0 Å². The number of likely N-dealkylation sites (tertiary alicyclic amines) is 1. The van der Waals surface area contributed by atoms with Gasteiger partial charge in [0.25, 0.3) is 5.91 Å². The van der Waals surface area contributed by atoms with Gasteiger partial charge in [-0.25, -0.2) is 14.4 Å². The molecule has 2 aliphatic rings. The summed E-state index contributed by atoms with van der Waals surface area (Å²) in [6.07, 6.45) is 5.61. The van der Waals surface area contributed by atoms with Gasteiger partial charge in [-0.15, -0.1) is 0 Å². The number of rotatable bonds is 1. The van der Waals surface area contributed by atoms with E-state index in [1.807, 2.05) is 19.2 Å². The van der Waals surface area contributed by atoms with E-state index in [0.717, 1.165) is 48.8 Å². The van der Waals surface area contributed by atoms with Gasteiger partial charge in [-0.1, -0.05) is 0 Å². The molecule has 2 aromatic rings. The highest BCUT2D eigenvalue weighted by Crippen LogP contribution is 2.44. The predicted molar refractivity (Wildman–Crippen MR) is 93.0 cm³/mol. The first-order chi connectivity index (χ1) is 12.5. The molecule has 0 saturated carbocycles. The van der Waals surface area contributed by atoms with Crippen LogP contribution in [-0.2, 0) is 11.8 Å². The molecule has 1 atom stereocenters. The number of amides is 1. The van der Waals surface area contributed by atoms with E-state index >= 15 is 0 Å². The van der Waals surface area contributed by atoms with Gasteiger partial charge < -0.3 is 4.90 Å². The number of hydrogen-bond acceptors (Lipinski definition) is 4. The Kier molecular flexibility index (Phi) is 3.95. The third-order valence-electron chi connectivity index (χ3n) is 5.55. The molecule has 1 amide bonds. The van der Waals surface area contributed by atoms with Crippen LogP contribution in [-0.4, -0.2) is 33.9 Å². The summed E-state index contributed by atoms with van der Waals surface area (Å²) < 4.78 is 14.3. The molecule has 1 aromatic carbocycles. The van der Waals surface area contributed by atoms with Crippen LogP contribution in [0, 0.1) is 24.1 Å². The monoisotopic (exact) mass is 350 g/mol. The lowest BCUT2D eigenvalue weighted by molar-refractivity contribution is 0.0628. The van der Waals surface area contributed by atoms with E-state index in [4.69, 9.17) is 5.26 Å². The molecule has 2 heterocycles. The Bertz CT molecular complexity index is 932. The van der Waals surface area contributed by atoms with Crippen molar-refractivity contribution in [3.05, 3.63) is 58.4 Å². The van der Waals surface area contributed by atoms with Crippen molar-refractivity contribution in [3.8, 4) is 6.07 Å². The summed E-state index contributed by atoms with van der Waals surface area (Å²) in [5.41, 5.74) is 2.31. The van der Waals surface area contributed by atoms with E-state index < -0.39 is 5.82 Å². The molecule has 1 spiro atoms. The zero-order valence-electron chi connectivity index (χ0n) is 14.6. The summed E-state index contributed by atoms with van der Waals surface area (Å²) in [7, 11) is 0. The van der Waals surface area contributed by atoms with Crippen molar-refractivity contribution in [1.29, 1.82) is 5.26 Å². The Morgan fingerprint density at radius 1 is 1.38 bits per heavy atom. The van der Waals surface area contributed by atoms with Gasteiger partial charge in [-0.2, -0.15) is 5.26 Å². The molecule has 1 aliphatic heterocycles. The van der Waals surface area contributed by atoms with E-state index in [-0.39, 0.29) is 22.4 Å². The third kappa shape index (κ3) is 2.64. The second kappa shape index (κ2) is 6.17. The molecule has 6 heteroatoms. The number of benzene rings is 1. The fourth-order valence-corrected chi connectivity index (χ4v) is 4.26. The smallest absolute Gasteiger partial charge is 0.256 e. The maximum Gasteiger partial charge on any atom is 0.256 e. The number of fused-ring (bicyclic) bond motifs is 2. The summed E-state index contributed by atoms with van der Waals surface area (Å²) in [4.78, 5) is 23.6. The molecule has 26 heavy (non-hydrogen) atoms. The number of hydrogen-bond donors (Lipinski definition) is 0. The Labute approximate surface area is 151 Å². The zero-order valence-corrected chi connectivity index (χ0v) is 14.6. The number of aryl methyl sites for hydroxylation is 2. The molecule has 1 aromatic heterocycles. The summed E-state index contributed by atoms with van der Waals surface area (Å²) in [6.45, 7) is 3.04. The van der Waals surface area contributed by atoms with Gasteiger partial charge in [-0.3, -0.25) is 4.79 Å². The number of carbonyl (C=O) groups is 1. The van der Waals surface area contributed by atoms with Crippen molar-refractivity contribution in [2.45, 2.75) is 38.0 Å².